The largest absolute Gasteiger partial charge is 0.373 e. The van der Waals surface area contributed by atoms with Crippen LogP contribution in [0.15, 0.2) is 58.3 Å². The fourth-order valence-electron chi connectivity index (χ4n) is 9.77. The van der Waals surface area contributed by atoms with Crippen LogP contribution < -0.4 is 37.0 Å². The van der Waals surface area contributed by atoms with Crippen LogP contribution in [-0.2, 0) is 4.79 Å². The average Bonchev–Trinajstić information content (AvgIpc) is 3.95. The molecule has 1 aliphatic heterocycles. The van der Waals surface area contributed by atoms with Crippen molar-refractivity contribution in [2.45, 2.75) is 83.3 Å². The molecule has 6 heterocycles. The molecule has 18 heteroatoms. The highest BCUT2D eigenvalue weighted by atomic mass is 16.5. The fraction of sp³-hybridized carbons (Fsp3) is 0.465. The number of ketones is 1. The Morgan fingerprint density at radius 2 is 1.64 bits per heavy atom. The third kappa shape index (κ3) is 8.23. The lowest BCUT2D eigenvalue weighted by molar-refractivity contribution is -0.125. The summed E-state index contributed by atoms with van der Waals surface area (Å²) in [6.45, 7) is 6.65. The normalized spacial score (nSPS) is 21.5. The number of aromatic nitrogens is 6. The molecule has 0 aromatic carbocycles. The summed E-state index contributed by atoms with van der Waals surface area (Å²) < 4.78 is 6.54. The molecule has 3 saturated carbocycles. The summed E-state index contributed by atoms with van der Waals surface area (Å²) in [6.07, 6.45) is 12.5. The van der Waals surface area contributed by atoms with E-state index in [0.717, 1.165) is 83.2 Å². The van der Waals surface area contributed by atoms with E-state index in [4.69, 9.17) is 9.51 Å². The summed E-state index contributed by atoms with van der Waals surface area (Å²) in [5.74, 6) is 1.91. The average molecular weight is 830 g/mol. The summed E-state index contributed by atoms with van der Waals surface area (Å²) in [7, 11) is 1.79. The van der Waals surface area contributed by atoms with E-state index in [-0.39, 0.29) is 52.3 Å². The van der Waals surface area contributed by atoms with E-state index in [1.54, 1.807) is 42.9 Å². The van der Waals surface area contributed by atoms with Gasteiger partial charge in [-0.25, -0.2) is 15.0 Å². The maximum atomic E-state index is 13.6. The zero-order chi connectivity index (χ0) is 42.3. The lowest BCUT2D eigenvalue weighted by Crippen LogP contribution is -2.60. The molecule has 5 aromatic heterocycles. The number of piperazine rings is 1. The van der Waals surface area contributed by atoms with Crippen LogP contribution in [0.25, 0.3) is 11.0 Å². The minimum atomic E-state index is -0.321. The van der Waals surface area contributed by atoms with Gasteiger partial charge in [-0.1, -0.05) is 18.0 Å². The van der Waals surface area contributed by atoms with Gasteiger partial charge in [0.05, 0.1) is 29.6 Å². The molecule has 0 radical (unpaired) electrons. The van der Waals surface area contributed by atoms with Crippen LogP contribution in [0.1, 0.15) is 90.6 Å². The minimum Gasteiger partial charge on any atom is -0.373 e. The first-order chi connectivity index (χ1) is 29.5. The minimum absolute atomic E-state index is 0.00195. The van der Waals surface area contributed by atoms with Crippen molar-refractivity contribution in [3.63, 3.8) is 0 Å². The highest BCUT2D eigenvalue weighted by Crippen LogP contribution is 2.56. The van der Waals surface area contributed by atoms with Crippen molar-refractivity contribution in [2.24, 2.45) is 5.41 Å². The van der Waals surface area contributed by atoms with Crippen LogP contribution in [0, 0.1) is 12.3 Å². The van der Waals surface area contributed by atoms with Crippen molar-refractivity contribution in [1.82, 2.24) is 39.9 Å². The summed E-state index contributed by atoms with van der Waals surface area (Å²) in [6, 6.07) is 9.33. The summed E-state index contributed by atoms with van der Waals surface area (Å²) in [4.78, 5) is 75.1. The van der Waals surface area contributed by atoms with E-state index in [2.05, 4.69) is 56.5 Å². The molecule has 5 N–H and O–H groups in total. The number of aryl methyl sites for hydroxylation is 1. The monoisotopic (exact) mass is 829 g/mol. The number of anilines is 6. The van der Waals surface area contributed by atoms with Crippen molar-refractivity contribution in [1.29, 1.82) is 0 Å². The van der Waals surface area contributed by atoms with Gasteiger partial charge in [0.25, 0.3) is 11.5 Å². The third-order valence-electron chi connectivity index (χ3n) is 12.8. The Bertz CT molecular complexity index is 2500. The molecule has 18 nitrogen and oxygen atoms in total. The van der Waals surface area contributed by atoms with Gasteiger partial charge in [-0.15, -0.1) is 0 Å². The lowest BCUT2D eigenvalue weighted by atomic mass is 9.52. The van der Waals surface area contributed by atoms with E-state index in [9.17, 15) is 19.2 Å². The maximum absolute atomic E-state index is 13.6. The van der Waals surface area contributed by atoms with Gasteiger partial charge >= 0.3 is 0 Å². The highest BCUT2D eigenvalue weighted by Gasteiger charge is 2.53. The van der Waals surface area contributed by atoms with Gasteiger partial charge in [-0.05, 0) is 87.6 Å². The molecule has 9 rings (SSSR count). The van der Waals surface area contributed by atoms with Crippen LogP contribution in [0.5, 0.6) is 0 Å². The first-order valence-electron chi connectivity index (χ1n) is 21.1. The van der Waals surface area contributed by atoms with Crippen molar-refractivity contribution in [3.8, 4) is 0 Å². The van der Waals surface area contributed by atoms with Crippen LogP contribution in [-0.4, -0.2) is 104 Å². The van der Waals surface area contributed by atoms with Crippen LogP contribution in [0.4, 0.5) is 34.9 Å². The number of carbonyl (C=O) groups is 3. The molecule has 4 aliphatic rings. The molecule has 5 aromatic rings. The van der Waals surface area contributed by atoms with Gasteiger partial charge in [0.15, 0.2) is 11.6 Å². The molecule has 0 atom stereocenters. The summed E-state index contributed by atoms with van der Waals surface area (Å²) in [5.41, 5.74) is 2.68. The molecule has 3 aliphatic carbocycles. The predicted molar refractivity (Wildman–Crippen MR) is 231 cm³/mol. The predicted octanol–water partition coefficient (Wildman–Crippen LogP) is 4.89. The second-order valence-corrected chi connectivity index (χ2v) is 17.0. The standard InChI is InChI=1S/C43H51N13O5/c1-25-32-23-46-42(52-39(32)56(29-6-4-5-7-29)41(60)37(25)26(2)57)51-34-10-8-30(22-45-34)55-15-13-54(14-16-55)24-36(58)47-27-18-43(19-27)20-28(21-43)48-38-31(9-11-33(44-3)49-38)40(59)50-35-12-17-61-53-35/h8-12,17,22-23,27-29H,4-7,13-16,18-21,24H2,1-3H3,(H,47,58)(H2,44,48,49)(H,50,53,59)(H,45,46,51,52). The van der Waals surface area contributed by atoms with Gasteiger partial charge in [-0.3, -0.25) is 28.6 Å². The molecule has 0 unspecified atom stereocenters. The van der Waals surface area contributed by atoms with Crippen molar-refractivity contribution in [3.05, 3.63) is 76.0 Å². The van der Waals surface area contributed by atoms with Gasteiger partial charge in [0.2, 0.25) is 11.9 Å². The number of hydrogen-bond donors (Lipinski definition) is 5. The molecule has 318 valence electrons. The number of rotatable bonds is 13. The van der Waals surface area contributed by atoms with Gasteiger partial charge in [0, 0.05) is 69.0 Å². The number of amides is 2. The molecule has 1 saturated heterocycles. The van der Waals surface area contributed by atoms with Gasteiger partial charge in [0.1, 0.15) is 29.4 Å². The fourth-order valence-corrected chi connectivity index (χ4v) is 9.77. The number of fused-ring (bicyclic) bond motifs is 1. The Morgan fingerprint density at radius 1 is 0.885 bits per heavy atom. The third-order valence-corrected chi connectivity index (χ3v) is 12.8. The van der Waals surface area contributed by atoms with E-state index in [1.807, 2.05) is 18.3 Å². The van der Waals surface area contributed by atoms with Crippen molar-refractivity contribution in [2.75, 3.05) is 65.9 Å². The van der Waals surface area contributed by atoms with E-state index < -0.39 is 0 Å². The van der Waals surface area contributed by atoms with Gasteiger partial charge < -0.3 is 36.0 Å². The molecular weight excluding hydrogens is 779 g/mol. The molecule has 2 amide bonds. The van der Waals surface area contributed by atoms with Gasteiger partial charge in [-0.2, -0.15) is 4.98 Å². The Labute approximate surface area is 352 Å². The SMILES string of the molecule is CNc1ccc(C(=O)Nc2ccon2)c(NC2CC3(CC(NC(=O)CN4CCN(c5ccc(Nc6ncc7c(C)c(C(C)=O)c(=O)n(C8CCCC8)c7n6)nc5)CC4)C3)C2)n1. The van der Waals surface area contributed by atoms with E-state index in [0.29, 0.717) is 57.9 Å². The zero-order valence-corrected chi connectivity index (χ0v) is 34.7. The molecule has 1 spiro atoms. The van der Waals surface area contributed by atoms with Crippen LogP contribution >= 0.6 is 0 Å². The van der Waals surface area contributed by atoms with Crippen LogP contribution in [0.2, 0.25) is 0 Å². The number of pyridine rings is 3. The second-order valence-electron chi connectivity index (χ2n) is 17.0. The Kier molecular flexibility index (Phi) is 10.9. The number of hydrogen-bond acceptors (Lipinski definition) is 15. The smallest absolute Gasteiger partial charge is 0.263 e. The summed E-state index contributed by atoms with van der Waals surface area (Å²) in [5, 5.41) is 20.2. The highest BCUT2D eigenvalue weighted by molar-refractivity contribution is 6.07. The molecular formula is C43H51N13O5. The number of Topliss-reactive ketones (excluding diaryl/α,β-unsaturated/α-hetero) is 1. The van der Waals surface area contributed by atoms with E-state index in [1.165, 1.54) is 13.2 Å². The molecule has 0 bridgehead atoms. The zero-order valence-electron chi connectivity index (χ0n) is 34.7. The first kappa shape index (κ1) is 40.0. The quantitative estimate of drug-likeness (QED) is 0.0998. The second kappa shape index (κ2) is 16.6. The molecule has 61 heavy (non-hydrogen) atoms. The number of nitrogens with zero attached hydrogens (tertiary/aromatic N) is 8. The lowest BCUT2D eigenvalue weighted by Gasteiger charge is -2.58. The first-order valence-corrected chi connectivity index (χ1v) is 21.1. The Hall–Kier alpha value is -6.43. The van der Waals surface area contributed by atoms with Crippen molar-refractivity contribution < 1.29 is 18.9 Å². The number of nitrogens with one attached hydrogen (secondary N) is 5. The van der Waals surface area contributed by atoms with Crippen molar-refractivity contribution >= 4 is 63.5 Å². The Morgan fingerprint density at radius 3 is 2.33 bits per heavy atom. The van der Waals surface area contributed by atoms with Crippen LogP contribution in [0.3, 0.4) is 0 Å². The Balaban J connectivity index is 0.729. The maximum Gasteiger partial charge on any atom is 0.263 e. The van der Waals surface area contributed by atoms with E-state index >= 15 is 0 Å². The topological polar surface area (TPSA) is 217 Å². The summed E-state index contributed by atoms with van der Waals surface area (Å²) >= 11 is 0. The number of carbonyl (C=O) groups excluding carboxylic acids is 3. The molecule has 4 fully saturated rings.